The quantitative estimate of drug-likeness (QED) is 0.144. The topological polar surface area (TPSA) is 94.1 Å². The largest absolute Gasteiger partial charge is 0.492 e. The summed E-state index contributed by atoms with van der Waals surface area (Å²) < 4.78 is 36.7. The third-order valence-electron chi connectivity index (χ3n) is 8.40. The first kappa shape index (κ1) is 30.6. The molecule has 4 aromatic carbocycles. The van der Waals surface area contributed by atoms with Crippen molar-refractivity contribution in [2.24, 2.45) is 0 Å². The Balaban J connectivity index is 1.82. The van der Waals surface area contributed by atoms with Gasteiger partial charge in [0.15, 0.2) is 34.5 Å². The van der Waals surface area contributed by atoms with E-state index < -0.39 is 0 Å². The number of rotatable bonds is 9. The van der Waals surface area contributed by atoms with Gasteiger partial charge in [-0.3, -0.25) is 0 Å². The summed E-state index contributed by atoms with van der Waals surface area (Å²) in [4.78, 5) is 15.9. The zero-order chi connectivity index (χ0) is 33.4. The molecule has 0 aliphatic heterocycles. The molecule has 48 heavy (non-hydrogen) atoms. The molecule has 0 fully saturated rings. The molecule has 0 saturated heterocycles. The van der Waals surface area contributed by atoms with Gasteiger partial charge < -0.3 is 28.4 Å². The van der Waals surface area contributed by atoms with Crippen LogP contribution in [0.15, 0.2) is 91.0 Å². The maximum absolute atomic E-state index is 6.20. The highest BCUT2D eigenvalue weighted by atomic mass is 16.5. The highest BCUT2D eigenvalue weighted by Gasteiger charge is 2.31. The molecule has 9 nitrogen and oxygen atoms in total. The minimum absolute atomic E-state index is 0.445. The molecule has 0 aliphatic carbocycles. The molecule has 0 bridgehead atoms. The first-order valence-electron chi connectivity index (χ1n) is 15.2. The summed E-state index contributed by atoms with van der Waals surface area (Å²) in [5.74, 6) is 2.69. The Kier molecular flexibility index (Phi) is 8.02. The van der Waals surface area contributed by atoms with E-state index in [1.54, 1.807) is 42.7 Å². The van der Waals surface area contributed by atoms with Gasteiger partial charge in [0.1, 0.15) is 17.1 Å². The van der Waals surface area contributed by atoms with Crippen LogP contribution in [-0.4, -0.2) is 57.6 Å². The second-order valence-electron chi connectivity index (χ2n) is 10.8. The molecule has 7 rings (SSSR count). The molecule has 0 radical (unpaired) electrons. The van der Waals surface area contributed by atoms with Crippen LogP contribution < -0.4 is 28.4 Å². The van der Waals surface area contributed by atoms with Crippen LogP contribution in [-0.2, 0) is 0 Å². The van der Waals surface area contributed by atoms with E-state index >= 15 is 0 Å². The standard InChI is InChI=1S/C39H33N3O6/c1-43-34-25-31(40-28(37(34)46-4)22-16-10-7-11-17-22)26-33(42-30(24-20-14-9-15-21-24)39(48-6)35(26)44-2)27-32(25)41-29(23-18-12-8-13-19-23)38(47-5)36(27)45-3/h7-21H,1-6H3. The number of aromatic nitrogens is 3. The first-order chi connectivity index (χ1) is 23.6. The number of benzene rings is 4. The molecular formula is C39H33N3O6. The number of hydrogen-bond acceptors (Lipinski definition) is 9. The van der Waals surface area contributed by atoms with E-state index in [4.69, 9.17) is 43.4 Å². The Labute approximate surface area is 277 Å². The molecule has 0 N–H and O–H groups in total. The average Bonchev–Trinajstić information content (AvgIpc) is 3.16. The molecule has 3 heterocycles. The van der Waals surface area contributed by atoms with E-state index in [2.05, 4.69) is 0 Å². The molecule has 0 unspecified atom stereocenters. The van der Waals surface area contributed by atoms with Gasteiger partial charge in [-0.15, -0.1) is 0 Å². The highest BCUT2D eigenvalue weighted by Crippen LogP contribution is 2.54. The van der Waals surface area contributed by atoms with Crippen LogP contribution in [0.25, 0.3) is 66.5 Å². The van der Waals surface area contributed by atoms with E-state index in [-0.39, 0.29) is 0 Å². The Hall–Kier alpha value is -6.09. The summed E-state index contributed by atoms with van der Waals surface area (Å²) >= 11 is 0. The predicted octanol–water partition coefficient (Wildman–Crippen LogP) is 8.38. The lowest BCUT2D eigenvalue weighted by Crippen LogP contribution is -2.05. The van der Waals surface area contributed by atoms with Gasteiger partial charge in [-0.2, -0.15) is 0 Å². The lowest BCUT2D eigenvalue weighted by molar-refractivity contribution is 0.357. The van der Waals surface area contributed by atoms with Crippen molar-refractivity contribution in [1.82, 2.24) is 15.0 Å². The zero-order valence-electron chi connectivity index (χ0n) is 27.5. The number of pyridine rings is 3. The van der Waals surface area contributed by atoms with Crippen LogP contribution >= 0.6 is 0 Å². The Morgan fingerprint density at radius 2 is 0.542 bits per heavy atom. The van der Waals surface area contributed by atoms with Crippen LogP contribution in [0.5, 0.6) is 34.5 Å². The fourth-order valence-electron chi connectivity index (χ4n) is 6.37. The number of hydrogen-bond donors (Lipinski definition) is 0. The first-order valence-corrected chi connectivity index (χ1v) is 15.2. The third kappa shape index (κ3) is 4.66. The van der Waals surface area contributed by atoms with Crippen LogP contribution in [0.4, 0.5) is 0 Å². The number of nitrogens with zero attached hydrogens (tertiary/aromatic N) is 3. The Bertz CT molecular complexity index is 2010. The number of fused-ring (bicyclic) bond motifs is 6. The van der Waals surface area contributed by atoms with Gasteiger partial charge in [-0.25, -0.2) is 15.0 Å². The normalized spacial score (nSPS) is 11.1. The second-order valence-corrected chi connectivity index (χ2v) is 10.8. The van der Waals surface area contributed by atoms with Gasteiger partial charge in [0.2, 0.25) is 0 Å². The van der Waals surface area contributed by atoms with Crippen LogP contribution in [0.2, 0.25) is 0 Å². The highest BCUT2D eigenvalue weighted by molar-refractivity contribution is 6.28. The van der Waals surface area contributed by atoms with Gasteiger partial charge in [-0.1, -0.05) is 91.0 Å². The zero-order valence-corrected chi connectivity index (χ0v) is 27.5. The maximum Gasteiger partial charge on any atom is 0.187 e. The fraction of sp³-hybridized carbons (Fsp3) is 0.154. The maximum atomic E-state index is 6.20. The summed E-state index contributed by atoms with van der Waals surface area (Å²) in [7, 11) is 9.63. The summed E-state index contributed by atoms with van der Waals surface area (Å²) in [5.41, 5.74) is 5.88. The number of ether oxygens (including phenoxy) is 6. The van der Waals surface area contributed by atoms with E-state index in [1.165, 1.54) is 0 Å². The van der Waals surface area contributed by atoms with Crippen molar-refractivity contribution < 1.29 is 28.4 Å². The molecule has 0 amide bonds. The van der Waals surface area contributed by atoms with Crippen molar-refractivity contribution in [3.63, 3.8) is 0 Å². The van der Waals surface area contributed by atoms with Crippen LogP contribution in [0, 0.1) is 0 Å². The van der Waals surface area contributed by atoms with Crippen LogP contribution in [0.1, 0.15) is 0 Å². The van der Waals surface area contributed by atoms with Crippen molar-refractivity contribution in [2.45, 2.75) is 0 Å². The van der Waals surface area contributed by atoms with E-state index in [1.807, 2.05) is 91.0 Å². The van der Waals surface area contributed by atoms with E-state index in [9.17, 15) is 0 Å². The molecular weight excluding hydrogens is 606 g/mol. The smallest absolute Gasteiger partial charge is 0.187 e. The Morgan fingerprint density at radius 1 is 0.312 bits per heavy atom. The summed E-state index contributed by atoms with van der Waals surface area (Å²) in [6.07, 6.45) is 0. The molecule has 0 saturated carbocycles. The van der Waals surface area contributed by atoms with Crippen molar-refractivity contribution in [1.29, 1.82) is 0 Å². The Morgan fingerprint density at radius 3 is 0.750 bits per heavy atom. The minimum Gasteiger partial charge on any atom is -0.492 e. The molecule has 240 valence electrons. The molecule has 9 heteroatoms. The molecule has 0 atom stereocenters. The van der Waals surface area contributed by atoms with Gasteiger partial charge in [0.05, 0.1) is 75.4 Å². The average molecular weight is 640 g/mol. The SMILES string of the molecule is COc1c(-c2ccccc2)nc2c(c1OC)c1nc(-c3ccccc3)c(OC)c(OC)c1c1nc(-c3ccccc3)c(OC)c(OC)c21. The lowest BCUT2D eigenvalue weighted by Gasteiger charge is -2.22. The van der Waals surface area contributed by atoms with E-state index in [0.717, 1.165) is 16.7 Å². The van der Waals surface area contributed by atoms with E-state index in [0.29, 0.717) is 84.3 Å². The molecule has 3 aromatic heterocycles. The fourth-order valence-corrected chi connectivity index (χ4v) is 6.37. The molecule has 7 aromatic rings. The summed E-state index contributed by atoms with van der Waals surface area (Å²) in [5, 5.41) is 1.76. The van der Waals surface area contributed by atoms with Gasteiger partial charge in [0.25, 0.3) is 0 Å². The van der Waals surface area contributed by atoms with Crippen molar-refractivity contribution in [3.05, 3.63) is 91.0 Å². The second kappa shape index (κ2) is 12.6. The van der Waals surface area contributed by atoms with Gasteiger partial charge in [0, 0.05) is 16.7 Å². The van der Waals surface area contributed by atoms with Gasteiger partial charge in [-0.05, 0) is 0 Å². The van der Waals surface area contributed by atoms with Crippen molar-refractivity contribution >= 4 is 32.7 Å². The molecule has 0 aliphatic rings. The summed E-state index contributed by atoms with van der Waals surface area (Å²) in [6, 6.07) is 29.4. The van der Waals surface area contributed by atoms with Crippen LogP contribution in [0.3, 0.4) is 0 Å². The lowest BCUT2D eigenvalue weighted by atomic mass is 9.96. The van der Waals surface area contributed by atoms with Crippen molar-refractivity contribution in [2.75, 3.05) is 42.7 Å². The summed E-state index contributed by atoms with van der Waals surface area (Å²) in [6.45, 7) is 0. The minimum atomic E-state index is 0.445. The number of methoxy groups -OCH3 is 6. The third-order valence-corrected chi connectivity index (χ3v) is 8.40. The van der Waals surface area contributed by atoms with Crippen molar-refractivity contribution in [3.8, 4) is 68.3 Å². The predicted molar refractivity (Wildman–Crippen MR) is 188 cm³/mol. The monoisotopic (exact) mass is 639 g/mol. The van der Waals surface area contributed by atoms with Gasteiger partial charge >= 0.3 is 0 Å². The molecule has 0 spiro atoms.